The lowest BCUT2D eigenvalue weighted by Gasteiger charge is -2.08. The number of aromatic hydroxyl groups is 1. The van der Waals surface area contributed by atoms with Crippen molar-refractivity contribution in [3.63, 3.8) is 0 Å². The number of rotatable bonds is 8. The summed E-state index contributed by atoms with van der Waals surface area (Å²) >= 11 is 0. The Morgan fingerprint density at radius 2 is 2.03 bits per heavy atom. The normalized spacial score (nSPS) is 11.0. The molecule has 150 valence electrons. The highest BCUT2D eigenvalue weighted by molar-refractivity contribution is 5.95. The van der Waals surface area contributed by atoms with Gasteiger partial charge in [-0.1, -0.05) is 24.3 Å². The fourth-order valence-electron chi connectivity index (χ4n) is 2.96. The highest BCUT2D eigenvalue weighted by Gasteiger charge is 2.06. The van der Waals surface area contributed by atoms with Gasteiger partial charge in [-0.15, -0.1) is 0 Å². The first-order chi connectivity index (χ1) is 13.9. The maximum Gasteiger partial charge on any atom is 0.160 e. The van der Waals surface area contributed by atoms with E-state index in [1.165, 1.54) is 13.2 Å². The number of carbonyl (C=O) groups excluding carboxylic acids is 1. The van der Waals surface area contributed by atoms with Gasteiger partial charge < -0.3 is 14.6 Å². The molecule has 3 aromatic rings. The molecule has 0 aliphatic heterocycles. The van der Waals surface area contributed by atoms with E-state index in [0.717, 1.165) is 22.5 Å². The van der Waals surface area contributed by atoms with E-state index in [1.807, 2.05) is 44.3 Å². The van der Waals surface area contributed by atoms with Crippen molar-refractivity contribution >= 4 is 11.9 Å². The second-order valence-electron chi connectivity index (χ2n) is 6.74. The fraction of sp³-hybridized carbons (Fsp3) is 0.217. The second kappa shape index (κ2) is 9.10. The fourth-order valence-corrected chi connectivity index (χ4v) is 2.96. The summed E-state index contributed by atoms with van der Waals surface area (Å²) in [6, 6.07) is 14.5. The van der Waals surface area contributed by atoms with E-state index in [-0.39, 0.29) is 18.0 Å². The van der Waals surface area contributed by atoms with Crippen LogP contribution in [0, 0.1) is 6.92 Å². The molecule has 2 aromatic carbocycles. The third-order valence-electron chi connectivity index (χ3n) is 4.43. The van der Waals surface area contributed by atoms with Gasteiger partial charge >= 0.3 is 0 Å². The van der Waals surface area contributed by atoms with E-state index < -0.39 is 0 Å². The van der Waals surface area contributed by atoms with Gasteiger partial charge in [-0.2, -0.15) is 5.10 Å². The van der Waals surface area contributed by atoms with Gasteiger partial charge in [-0.25, -0.2) is 0 Å². The molecule has 6 heteroatoms. The quantitative estimate of drug-likeness (QED) is 0.590. The van der Waals surface area contributed by atoms with Crippen LogP contribution in [0.25, 0.3) is 6.08 Å². The van der Waals surface area contributed by atoms with Crippen molar-refractivity contribution in [3.05, 3.63) is 77.1 Å². The Bertz CT molecular complexity index is 1040. The SMILES string of the molecule is COc1ccc(/C=C/C(=O)Cc2cccc(OCc3cc(C)nn3C)c2)cc1O. The smallest absolute Gasteiger partial charge is 0.160 e. The highest BCUT2D eigenvalue weighted by atomic mass is 16.5. The molecule has 0 atom stereocenters. The van der Waals surface area contributed by atoms with Crippen LogP contribution in [0.3, 0.4) is 0 Å². The predicted molar refractivity (Wildman–Crippen MR) is 111 cm³/mol. The molecule has 6 nitrogen and oxygen atoms in total. The second-order valence-corrected chi connectivity index (χ2v) is 6.74. The van der Waals surface area contributed by atoms with E-state index in [9.17, 15) is 9.90 Å². The van der Waals surface area contributed by atoms with Crippen LogP contribution in [0.1, 0.15) is 22.5 Å². The molecule has 0 saturated heterocycles. The van der Waals surface area contributed by atoms with Crippen molar-refractivity contribution < 1.29 is 19.4 Å². The topological polar surface area (TPSA) is 73.6 Å². The van der Waals surface area contributed by atoms with Crippen LogP contribution < -0.4 is 9.47 Å². The van der Waals surface area contributed by atoms with Gasteiger partial charge in [0.25, 0.3) is 0 Å². The maximum atomic E-state index is 12.3. The van der Waals surface area contributed by atoms with E-state index in [0.29, 0.717) is 18.1 Å². The standard InChI is InChI=1S/C23H24N2O4/c1-16-11-19(25(2)24-16)15-29-21-6-4-5-18(13-21)12-20(26)9-7-17-8-10-23(28-3)22(27)14-17/h4-11,13-14,27H,12,15H2,1-3H3/b9-7+. The molecule has 0 bridgehead atoms. The molecule has 0 fully saturated rings. The monoisotopic (exact) mass is 392 g/mol. The third-order valence-corrected chi connectivity index (χ3v) is 4.43. The summed E-state index contributed by atoms with van der Waals surface area (Å²) in [4.78, 5) is 12.3. The molecule has 0 unspecified atom stereocenters. The van der Waals surface area contributed by atoms with Gasteiger partial charge in [0.2, 0.25) is 0 Å². The summed E-state index contributed by atoms with van der Waals surface area (Å²) in [6.45, 7) is 2.35. The molecule has 29 heavy (non-hydrogen) atoms. The number of aryl methyl sites for hydroxylation is 2. The number of nitrogens with zero attached hydrogens (tertiary/aromatic N) is 2. The summed E-state index contributed by atoms with van der Waals surface area (Å²) in [5.41, 5.74) is 3.52. The summed E-state index contributed by atoms with van der Waals surface area (Å²) < 4.78 is 12.7. The van der Waals surface area contributed by atoms with Gasteiger partial charge in [-0.05, 0) is 54.5 Å². The Kier molecular flexibility index (Phi) is 6.34. The van der Waals surface area contributed by atoms with Crippen LogP contribution in [0.5, 0.6) is 17.2 Å². The van der Waals surface area contributed by atoms with E-state index in [4.69, 9.17) is 9.47 Å². The first-order valence-corrected chi connectivity index (χ1v) is 9.24. The average Bonchev–Trinajstić information content (AvgIpc) is 3.02. The molecule has 1 aromatic heterocycles. The number of benzene rings is 2. The molecule has 0 amide bonds. The number of allylic oxidation sites excluding steroid dienone is 1. The zero-order chi connectivity index (χ0) is 20.8. The van der Waals surface area contributed by atoms with Crippen LogP contribution >= 0.6 is 0 Å². The molecule has 3 rings (SSSR count). The molecule has 0 aliphatic rings. The third kappa shape index (κ3) is 5.48. The van der Waals surface area contributed by atoms with Crippen molar-refractivity contribution in [2.75, 3.05) is 7.11 Å². The van der Waals surface area contributed by atoms with Crippen molar-refractivity contribution in [3.8, 4) is 17.2 Å². The number of phenolic OH excluding ortho intramolecular Hbond substituents is 1. The first-order valence-electron chi connectivity index (χ1n) is 9.24. The van der Waals surface area contributed by atoms with Gasteiger partial charge in [-0.3, -0.25) is 9.48 Å². The minimum Gasteiger partial charge on any atom is -0.504 e. The van der Waals surface area contributed by atoms with Crippen molar-refractivity contribution in [1.29, 1.82) is 0 Å². The minimum absolute atomic E-state index is 0.0376. The van der Waals surface area contributed by atoms with E-state index in [1.54, 1.807) is 29.0 Å². The number of aromatic nitrogens is 2. The van der Waals surface area contributed by atoms with Crippen LogP contribution in [0.2, 0.25) is 0 Å². The number of ether oxygens (including phenoxy) is 2. The lowest BCUT2D eigenvalue weighted by Crippen LogP contribution is -2.03. The zero-order valence-corrected chi connectivity index (χ0v) is 16.8. The number of hydrogen-bond donors (Lipinski definition) is 1. The van der Waals surface area contributed by atoms with Crippen molar-refractivity contribution in [1.82, 2.24) is 9.78 Å². The molecule has 0 spiro atoms. The predicted octanol–water partition coefficient (Wildman–Crippen LogP) is 3.85. The average molecular weight is 392 g/mol. The molecule has 0 saturated carbocycles. The van der Waals surface area contributed by atoms with Crippen LogP contribution in [-0.2, 0) is 24.9 Å². The Morgan fingerprint density at radius 3 is 2.72 bits per heavy atom. The Labute approximate surface area is 170 Å². The molecular weight excluding hydrogens is 368 g/mol. The first kappa shape index (κ1) is 20.2. The van der Waals surface area contributed by atoms with E-state index >= 15 is 0 Å². The molecule has 0 aliphatic carbocycles. The molecule has 1 heterocycles. The van der Waals surface area contributed by atoms with Crippen molar-refractivity contribution in [2.45, 2.75) is 20.0 Å². The molecular formula is C23H24N2O4. The van der Waals surface area contributed by atoms with Crippen LogP contribution in [0.4, 0.5) is 0 Å². The Balaban J connectivity index is 1.59. The van der Waals surface area contributed by atoms with Crippen LogP contribution in [0.15, 0.2) is 54.6 Å². The maximum absolute atomic E-state index is 12.3. The summed E-state index contributed by atoms with van der Waals surface area (Å²) in [5.74, 6) is 1.10. The van der Waals surface area contributed by atoms with E-state index in [2.05, 4.69) is 5.10 Å². The largest absolute Gasteiger partial charge is 0.504 e. The summed E-state index contributed by atoms with van der Waals surface area (Å²) in [7, 11) is 3.37. The summed E-state index contributed by atoms with van der Waals surface area (Å²) in [5, 5.41) is 14.1. The van der Waals surface area contributed by atoms with Gasteiger partial charge in [0, 0.05) is 13.5 Å². The van der Waals surface area contributed by atoms with Crippen LogP contribution in [-0.4, -0.2) is 27.8 Å². The Hall–Kier alpha value is -3.54. The van der Waals surface area contributed by atoms with Gasteiger partial charge in [0.1, 0.15) is 12.4 Å². The lowest BCUT2D eigenvalue weighted by molar-refractivity contribution is -0.113. The number of phenols is 1. The number of hydrogen-bond acceptors (Lipinski definition) is 5. The lowest BCUT2D eigenvalue weighted by atomic mass is 10.1. The Morgan fingerprint density at radius 1 is 1.21 bits per heavy atom. The van der Waals surface area contributed by atoms with Crippen molar-refractivity contribution in [2.24, 2.45) is 7.05 Å². The molecule has 0 radical (unpaired) electrons. The zero-order valence-electron chi connectivity index (χ0n) is 16.8. The van der Waals surface area contributed by atoms with Gasteiger partial charge in [0.05, 0.1) is 18.5 Å². The van der Waals surface area contributed by atoms with Gasteiger partial charge in [0.15, 0.2) is 17.3 Å². The highest BCUT2D eigenvalue weighted by Crippen LogP contribution is 2.26. The number of ketones is 1. The minimum atomic E-state index is -0.0419. The molecule has 1 N–H and O–H groups in total. The number of carbonyl (C=O) groups is 1. The number of methoxy groups -OCH3 is 1. The summed E-state index contributed by atoms with van der Waals surface area (Å²) in [6.07, 6.45) is 3.44.